The second kappa shape index (κ2) is 8.53. The predicted molar refractivity (Wildman–Crippen MR) is 43.3 cm³/mol. The minimum absolute atomic E-state index is 0.111. The van der Waals surface area contributed by atoms with Crippen molar-refractivity contribution in [3.05, 3.63) is 23.2 Å². The maximum Gasteiger partial charge on any atom is 0.327 e. The van der Waals surface area contributed by atoms with Crippen molar-refractivity contribution in [2.24, 2.45) is 0 Å². The van der Waals surface area contributed by atoms with Crippen molar-refractivity contribution in [1.29, 1.82) is 0 Å². The topological polar surface area (TPSA) is 37.3 Å². The van der Waals surface area contributed by atoms with E-state index in [4.69, 9.17) is 28.3 Å². The molecule has 0 fully saturated rings. The Kier molecular flexibility index (Phi) is 10.4. The number of carboxylic acids is 1. The summed E-state index contributed by atoms with van der Waals surface area (Å²) < 4.78 is 0.111. The molecule has 0 aromatic carbocycles. The van der Waals surface area contributed by atoms with E-state index in [-0.39, 0.29) is 4.49 Å². The maximum atomic E-state index is 9.51. The van der Waals surface area contributed by atoms with Gasteiger partial charge in [0.25, 0.3) is 0 Å². The van der Waals surface area contributed by atoms with Crippen LogP contribution in [0.3, 0.4) is 0 Å². The second-order valence-corrected chi connectivity index (χ2v) is 2.28. The van der Waals surface area contributed by atoms with Gasteiger partial charge in [-0.2, -0.15) is 0 Å². The number of halogens is 2. The third-order valence-electron chi connectivity index (χ3n) is 0.309. The number of rotatable bonds is 1. The standard InChI is InChI=1S/C4H6O2.C2H2Cl2/c1-2-3-4(5)6;1-2(3)4/h2-3H,1H3,(H,5,6);1H2/b3-2+;. The molecular formula is C6H8Cl2O2. The first kappa shape index (κ1) is 12.2. The molecule has 58 valence electrons. The first-order chi connectivity index (χ1) is 4.50. The largest absolute Gasteiger partial charge is 0.478 e. The van der Waals surface area contributed by atoms with Crippen LogP contribution in [0.1, 0.15) is 6.92 Å². The van der Waals surface area contributed by atoms with E-state index in [1.807, 2.05) is 0 Å². The van der Waals surface area contributed by atoms with E-state index in [2.05, 4.69) is 6.58 Å². The Morgan fingerprint density at radius 2 is 1.90 bits per heavy atom. The molecule has 0 spiro atoms. The van der Waals surface area contributed by atoms with Crippen LogP contribution in [-0.4, -0.2) is 11.1 Å². The summed E-state index contributed by atoms with van der Waals surface area (Å²) >= 11 is 9.69. The number of carboxylic acid groups (broad SMARTS) is 1. The molecule has 2 nitrogen and oxygen atoms in total. The van der Waals surface area contributed by atoms with Gasteiger partial charge in [-0.15, -0.1) is 0 Å². The minimum atomic E-state index is -0.891. The summed E-state index contributed by atoms with van der Waals surface area (Å²) in [5, 5.41) is 7.83. The zero-order valence-electron chi connectivity index (χ0n) is 5.47. The summed E-state index contributed by atoms with van der Waals surface area (Å²) in [6.45, 7) is 4.75. The number of aliphatic carboxylic acids is 1. The molecule has 4 heteroatoms. The average molecular weight is 183 g/mol. The fourth-order valence-electron chi connectivity index (χ4n) is 0.143. The van der Waals surface area contributed by atoms with E-state index in [0.29, 0.717) is 0 Å². The maximum absolute atomic E-state index is 9.51. The van der Waals surface area contributed by atoms with Crippen LogP contribution in [0, 0.1) is 0 Å². The molecule has 0 amide bonds. The lowest BCUT2D eigenvalue weighted by molar-refractivity contribution is -0.131. The molecule has 0 atom stereocenters. The Morgan fingerprint density at radius 3 is 1.90 bits per heavy atom. The number of carbonyl (C=O) groups is 1. The zero-order valence-corrected chi connectivity index (χ0v) is 6.99. The van der Waals surface area contributed by atoms with Gasteiger partial charge in [0.15, 0.2) is 0 Å². The van der Waals surface area contributed by atoms with Crippen molar-refractivity contribution in [3.8, 4) is 0 Å². The Bertz CT molecular complexity index is 137. The van der Waals surface area contributed by atoms with Crippen molar-refractivity contribution in [1.82, 2.24) is 0 Å². The van der Waals surface area contributed by atoms with Crippen LogP contribution in [0.25, 0.3) is 0 Å². The lowest BCUT2D eigenvalue weighted by atomic mass is 10.5. The van der Waals surface area contributed by atoms with Crippen molar-refractivity contribution in [3.63, 3.8) is 0 Å². The molecular weight excluding hydrogens is 175 g/mol. The smallest absolute Gasteiger partial charge is 0.327 e. The third-order valence-corrected chi connectivity index (χ3v) is 0.309. The molecule has 0 heterocycles. The summed E-state index contributed by atoms with van der Waals surface area (Å²) in [6.07, 6.45) is 2.56. The highest BCUT2D eigenvalue weighted by molar-refractivity contribution is 6.55. The SMILES string of the molecule is C/C=C/C(=O)O.C=C(Cl)Cl. The molecule has 0 radical (unpaired) electrons. The molecule has 0 saturated carbocycles. The normalized spacial score (nSPS) is 8.30. The van der Waals surface area contributed by atoms with Crippen LogP contribution in [0.15, 0.2) is 23.2 Å². The highest BCUT2D eigenvalue weighted by atomic mass is 35.5. The van der Waals surface area contributed by atoms with Crippen LogP contribution < -0.4 is 0 Å². The second-order valence-electron chi connectivity index (χ2n) is 1.18. The van der Waals surface area contributed by atoms with Gasteiger partial charge in [0, 0.05) is 6.08 Å². The predicted octanol–water partition coefficient (Wildman–Crippen LogP) is 2.58. The number of hydrogen-bond donors (Lipinski definition) is 1. The Labute approximate surface area is 69.8 Å². The van der Waals surface area contributed by atoms with Crippen molar-refractivity contribution >= 4 is 29.2 Å². The van der Waals surface area contributed by atoms with E-state index < -0.39 is 5.97 Å². The Balaban J connectivity index is 0. The first-order valence-corrected chi connectivity index (χ1v) is 3.11. The minimum Gasteiger partial charge on any atom is -0.478 e. The van der Waals surface area contributed by atoms with E-state index >= 15 is 0 Å². The average Bonchev–Trinajstić information content (AvgIpc) is 1.62. The molecule has 0 aromatic heterocycles. The van der Waals surface area contributed by atoms with Gasteiger partial charge in [0.2, 0.25) is 0 Å². The molecule has 1 N–H and O–H groups in total. The van der Waals surface area contributed by atoms with Gasteiger partial charge in [0.05, 0.1) is 4.49 Å². The molecule has 0 saturated heterocycles. The summed E-state index contributed by atoms with van der Waals surface area (Å²) in [7, 11) is 0. The van der Waals surface area contributed by atoms with Gasteiger partial charge in [0.1, 0.15) is 0 Å². The lowest BCUT2D eigenvalue weighted by Crippen LogP contribution is -1.83. The van der Waals surface area contributed by atoms with E-state index in [1.54, 1.807) is 6.92 Å². The quantitative estimate of drug-likeness (QED) is 0.634. The van der Waals surface area contributed by atoms with Crippen LogP contribution >= 0.6 is 23.2 Å². The van der Waals surface area contributed by atoms with E-state index in [0.717, 1.165) is 6.08 Å². The fraction of sp³-hybridized carbons (Fsp3) is 0.167. The third kappa shape index (κ3) is 50.2. The fourth-order valence-corrected chi connectivity index (χ4v) is 0.143. The summed E-state index contributed by atoms with van der Waals surface area (Å²) in [5.41, 5.74) is 0. The van der Waals surface area contributed by atoms with Gasteiger partial charge in [-0.1, -0.05) is 35.9 Å². The first-order valence-electron chi connectivity index (χ1n) is 2.36. The molecule has 0 bridgehead atoms. The summed E-state index contributed by atoms with van der Waals surface area (Å²) in [6, 6.07) is 0. The molecule has 0 aromatic rings. The monoisotopic (exact) mass is 182 g/mol. The van der Waals surface area contributed by atoms with Gasteiger partial charge >= 0.3 is 5.97 Å². The van der Waals surface area contributed by atoms with Crippen molar-refractivity contribution < 1.29 is 9.90 Å². The van der Waals surface area contributed by atoms with Gasteiger partial charge < -0.3 is 5.11 Å². The van der Waals surface area contributed by atoms with E-state index in [1.165, 1.54) is 6.08 Å². The van der Waals surface area contributed by atoms with Crippen LogP contribution in [0.2, 0.25) is 0 Å². The molecule has 10 heavy (non-hydrogen) atoms. The Morgan fingerprint density at radius 1 is 1.60 bits per heavy atom. The van der Waals surface area contributed by atoms with Gasteiger partial charge in [-0.05, 0) is 6.92 Å². The van der Waals surface area contributed by atoms with Crippen molar-refractivity contribution in [2.45, 2.75) is 6.92 Å². The van der Waals surface area contributed by atoms with Crippen LogP contribution in [0.4, 0.5) is 0 Å². The molecule has 0 unspecified atom stereocenters. The molecule has 0 aliphatic carbocycles. The Hall–Kier alpha value is -0.470. The number of allylic oxidation sites excluding steroid dienone is 1. The van der Waals surface area contributed by atoms with Crippen molar-refractivity contribution in [2.75, 3.05) is 0 Å². The van der Waals surface area contributed by atoms with Gasteiger partial charge in [-0.25, -0.2) is 4.79 Å². The van der Waals surface area contributed by atoms with E-state index in [9.17, 15) is 4.79 Å². The molecule has 0 aliphatic rings. The van der Waals surface area contributed by atoms with Gasteiger partial charge in [-0.3, -0.25) is 0 Å². The highest BCUT2D eigenvalue weighted by Crippen LogP contribution is 1.98. The zero-order chi connectivity index (χ0) is 8.57. The molecule has 0 rings (SSSR count). The summed E-state index contributed by atoms with van der Waals surface area (Å²) in [5.74, 6) is -0.891. The van der Waals surface area contributed by atoms with Crippen LogP contribution in [-0.2, 0) is 4.79 Å². The van der Waals surface area contributed by atoms with Crippen LogP contribution in [0.5, 0.6) is 0 Å². The summed E-state index contributed by atoms with van der Waals surface area (Å²) in [4.78, 5) is 9.51. The highest BCUT2D eigenvalue weighted by Gasteiger charge is 1.76. The molecule has 0 aliphatic heterocycles. The lowest BCUT2D eigenvalue weighted by Gasteiger charge is -1.68. The number of hydrogen-bond acceptors (Lipinski definition) is 1.